The molecule has 1 heterocycles. The third-order valence-corrected chi connectivity index (χ3v) is 2.35. The van der Waals surface area contributed by atoms with Gasteiger partial charge in [0.25, 0.3) is 5.91 Å². The van der Waals surface area contributed by atoms with Crippen molar-refractivity contribution in [2.24, 2.45) is 5.41 Å². The number of aliphatic carboxylic acids is 1. The maximum Gasteiger partial charge on any atom is 0.335 e. The molecular weight excluding hydrogens is 238 g/mol. The lowest BCUT2D eigenvalue weighted by atomic mass is 9.86. The molecule has 0 aliphatic heterocycles. The van der Waals surface area contributed by atoms with E-state index in [0.717, 1.165) is 12.3 Å². The Balaban J connectivity index is 2.89. The Labute approximate surface area is 104 Å². The minimum atomic E-state index is -1.12. The first-order valence-corrected chi connectivity index (χ1v) is 5.34. The molecule has 1 aromatic heterocycles. The van der Waals surface area contributed by atoms with Gasteiger partial charge in [-0.1, -0.05) is 20.8 Å². The number of carboxylic acids is 1. The van der Waals surface area contributed by atoms with Crippen molar-refractivity contribution >= 4 is 11.9 Å². The number of rotatable bonds is 3. The zero-order chi connectivity index (χ0) is 13.9. The third-order valence-electron chi connectivity index (χ3n) is 2.35. The second-order valence-electron chi connectivity index (χ2n) is 4.95. The van der Waals surface area contributed by atoms with Crippen LogP contribution in [0.4, 0.5) is 0 Å². The molecule has 2 N–H and O–H groups in total. The lowest BCUT2D eigenvalue weighted by Crippen LogP contribution is -2.49. The number of amides is 1. The van der Waals surface area contributed by atoms with Crippen LogP contribution in [0, 0.1) is 5.41 Å². The molecule has 1 unspecified atom stereocenters. The van der Waals surface area contributed by atoms with Crippen LogP contribution in [-0.4, -0.2) is 23.0 Å². The number of carbonyl (C=O) groups is 2. The molecule has 0 spiro atoms. The van der Waals surface area contributed by atoms with Gasteiger partial charge in [-0.15, -0.1) is 0 Å². The first kappa shape index (κ1) is 14.0. The van der Waals surface area contributed by atoms with Crippen LogP contribution in [-0.2, 0) is 4.79 Å². The minimum Gasteiger partial charge on any atom is -0.480 e. The standard InChI is InChI=1S/C12H15NO5/c1-12(2,3)9(11(16)17)13-10(15)7-4-5-8(14)18-6-7/h4-6,9H,1-3H3,(H,13,15)(H,16,17). The van der Waals surface area contributed by atoms with E-state index in [1.54, 1.807) is 20.8 Å². The summed E-state index contributed by atoms with van der Waals surface area (Å²) in [6.07, 6.45) is 0.999. The normalized spacial score (nSPS) is 12.8. The van der Waals surface area contributed by atoms with Gasteiger partial charge in [-0.3, -0.25) is 4.79 Å². The van der Waals surface area contributed by atoms with Crippen molar-refractivity contribution in [3.63, 3.8) is 0 Å². The molecule has 1 rings (SSSR count). The van der Waals surface area contributed by atoms with Gasteiger partial charge in [0.05, 0.1) is 5.56 Å². The van der Waals surface area contributed by atoms with Crippen molar-refractivity contribution in [1.82, 2.24) is 5.32 Å². The summed E-state index contributed by atoms with van der Waals surface area (Å²) in [7, 11) is 0. The summed E-state index contributed by atoms with van der Waals surface area (Å²) in [6.45, 7) is 5.12. The van der Waals surface area contributed by atoms with Crippen LogP contribution in [0.2, 0.25) is 0 Å². The predicted molar refractivity (Wildman–Crippen MR) is 63.3 cm³/mol. The van der Waals surface area contributed by atoms with Crippen LogP contribution < -0.4 is 10.9 Å². The highest BCUT2D eigenvalue weighted by molar-refractivity contribution is 5.96. The molecule has 18 heavy (non-hydrogen) atoms. The predicted octanol–water partition coefficient (Wildman–Crippen LogP) is 0.869. The van der Waals surface area contributed by atoms with Crippen LogP contribution in [0.25, 0.3) is 0 Å². The van der Waals surface area contributed by atoms with E-state index in [1.807, 2.05) is 0 Å². The first-order chi connectivity index (χ1) is 8.21. The highest BCUT2D eigenvalue weighted by atomic mass is 16.4. The van der Waals surface area contributed by atoms with Crippen molar-refractivity contribution in [3.8, 4) is 0 Å². The van der Waals surface area contributed by atoms with E-state index >= 15 is 0 Å². The zero-order valence-electron chi connectivity index (χ0n) is 10.4. The smallest absolute Gasteiger partial charge is 0.335 e. The number of hydrogen-bond donors (Lipinski definition) is 2. The second-order valence-corrected chi connectivity index (χ2v) is 4.95. The lowest BCUT2D eigenvalue weighted by molar-refractivity contribution is -0.142. The Kier molecular flexibility index (Phi) is 3.90. The fourth-order valence-corrected chi connectivity index (χ4v) is 1.35. The average molecular weight is 253 g/mol. The van der Waals surface area contributed by atoms with Gasteiger partial charge in [0, 0.05) is 6.07 Å². The fraction of sp³-hybridized carbons (Fsp3) is 0.417. The summed E-state index contributed by atoms with van der Waals surface area (Å²) in [5.74, 6) is -1.71. The fourth-order valence-electron chi connectivity index (χ4n) is 1.35. The summed E-state index contributed by atoms with van der Waals surface area (Å²) >= 11 is 0. The molecule has 0 saturated heterocycles. The van der Waals surface area contributed by atoms with Crippen LogP contribution >= 0.6 is 0 Å². The van der Waals surface area contributed by atoms with Gasteiger partial charge in [-0.2, -0.15) is 0 Å². The average Bonchev–Trinajstić information content (AvgIpc) is 2.24. The monoisotopic (exact) mass is 253 g/mol. The second kappa shape index (κ2) is 5.03. The summed E-state index contributed by atoms with van der Waals surface area (Å²) in [5.41, 5.74) is -1.10. The highest BCUT2D eigenvalue weighted by Gasteiger charge is 2.32. The van der Waals surface area contributed by atoms with Crippen LogP contribution in [0.15, 0.2) is 27.6 Å². The molecule has 0 aromatic carbocycles. The number of carbonyl (C=O) groups excluding carboxylic acids is 1. The largest absolute Gasteiger partial charge is 0.480 e. The van der Waals surface area contributed by atoms with E-state index in [2.05, 4.69) is 9.73 Å². The topological polar surface area (TPSA) is 96.6 Å². The maximum absolute atomic E-state index is 11.8. The first-order valence-electron chi connectivity index (χ1n) is 5.34. The minimum absolute atomic E-state index is 0.102. The molecule has 0 bridgehead atoms. The van der Waals surface area contributed by atoms with Crippen molar-refractivity contribution in [3.05, 3.63) is 34.4 Å². The van der Waals surface area contributed by atoms with Gasteiger partial charge in [-0.05, 0) is 11.5 Å². The van der Waals surface area contributed by atoms with E-state index in [1.165, 1.54) is 6.07 Å². The molecule has 1 aromatic rings. The molecule has 98 valence electrons. The summed E-state index contributed by atoms with van der Waals surface area (Å²) in [6, 6.07) is 1.35. The Hall–Kier alpha value is -2.11. The van der Waals surface area contributed by atoms with Crippen LogP contribution in [0.3, 0.4) is 0 Å². The van der Waals surface area contributed by atoms with Gasteiger partial charge < -0.3 is 14.8 Å². The Morgan fingerprint density at radius 2 is 1.94 bits per heavy atom. The van der Waals surface area contributed by atoms with Gasteiger partial charge in [0.1, 0.15) is 12.3 Å². The SMILES string of the molecule is CC(C)(C)C(NC(=O)c1ccc(=O)oc1)C(=O)O. The van der Waals surface area contributed by atoms with Crippen molar-refractivity contribution in [2.45, 2.75) is 26.8 Å². The lowest BCUT2D eigenvalue weighted by Gasteiger charge is -2.27. The summed E-state index contributed by atoms with van der Waals surface area (Å²) < 4.78 is 4.54. The number of carboxylic acid groups (broad SMARTS) is 1. The van der Waals surface area contributed by atoms with Crippen LogP contribution in [0.5, 0.6) is 0 Å². The Morgan fingerprint density at radius 1 is 1.33 bits per heavy atom. The van der Waals surface area contributed by atoms with Crippen molar-refractivity contribution < 1.29 is 19.1 Å². The van der Waals surface area contributed by atoms with Gasteiger partial charge in [-0.25, -0.2) is 9.59 Å². The third kappa shape index (κ3) is 3.44. The molecule has 0 aliphatic carbocycles. The Bertz CT molecular complexity index is 491. The molecule has 0 aliphatic rings. The molecule has 6 nitrogen and oxygen atoms in total. The number of nitrogens with one attached hydrogen (secondary N) is 1. The zero-order valence-corrected chi connectivity index (χ0v) is 10.4. The van der Waals surface area contributed by atoms with E-state index in [4.69, 9.17) is 5.11 Å². The van der Waals surface area contributed by atoms with Gasteiger partial charge in [0.15, 0.2) is 0 Å². The molecule has 6 heteroatoms. The van der Waals surface area contributed by atoms with E-state index in [-0.39, 0.29) is 5.56 Å². The molecule has 1 atom stereocenters. The molecule has 0 saturated carbocycles. The van der Waals surface area contributed by atoms with Gasteiger partial charge in [0.2, 0.25) is 0 Å². The van der Waals surface area contributed by atoms with Crippen molar-refractivity contribution in [1.29, 1.82) is 0 Å². The molecule has 0 fully saturated rings. The van der Waals surface area contributed by atoms with Gasteiger partial charge >= 0.3 is 11.6 Å². The molecule has 1 amide bonds. The summed E-state index contributed by atoms with van der Waals surface area (Å²) in [5, 5.41) is 11.5. The number of hydrogen-bond acceptors (Lipinski definition) is 4. The van der Waals surface area contributed by atoms with Crippen LogP contribution in [0.1, 0.15) is 31.1 Å². The summed E-state index contributed by atoms with van der Waals surface area (Å²) in [4.78, 5) is 33.6. The quantitative estimate of drug-likeness (QED) is 0.833. The Morgan fingerprint density at radius 3 is 2.33 bits per heavy atom. The van der Waals surface area contributed by atoms with Crippen molar-refractivity contribution in [2.75, 3.05) is 0 Å². The molecule has 0 radical (unpaired) electrons. The molecular formula is C12H15NO5. The highest BCUT2D eigenvalue weighted by Crippen LogP contribution is 2.19. The van der Waals surface area contributed by atoms with E-state index in [0.29, 0.717) is 0 Å². The van der Waals surface area contributed by atoms with E-state index < -0.39 is 29.0 Å². The van der Waals surface area contributed by atoms with E-state index in [9.17, 15) is 14.4 Å². The maximum atomic E-state index is 11.8.